The minimum absolute atomic E-state index is 0.532. The van der Waals surface area contributed by atoms with Crippen LogP contribution in [0.5, 0.6) is 0 Å². The first-order chi connectivity index (χ1) is 14.2. The van der Waals surface area contributed by atoms with Crippen LogP contribution in [-0.4, -0.2) is 46.6 Å². The largest absolute Gasteiger partial charge is 0.355 e. The molecule has 2 aromatic carbocycles. The van der Waals surface area contributed by atoms with E-state index < -0.39 is 0 Å². The molecule has 1 aromatic heterocycles. The number of benzene rings is 2. The van der Waals surface area contributed by atoms with Crippen molar-refractivity contribution >= 4 is 17.0 Å². The van der Waals surface area contributed by atoms with Gasteiger partial charge in [-0.1, -0.05) is 42.5 Å². The van der Waals surface area contributed by atoms with Crippen molar-refractivity contribution in [1.82, 2.24) is 25.1 Å². The number of hydrogen-bond donors (Lipinski definition) is 2. The van der Waals surface area contributed by atoms with Crippen LogP contribution in [0.3, 0.4) is 0 Å². The Balaban J connectivity index is 1.31. The Morgan fingerprint density at radius 3 is 2.69 bits per heavy atom. The van der Waals surface area contributed by atoms with Crippen LogP contribution in [-0.2, 0) is 20.1 Å². The molecule has 1 saturated heterocycles. The molecule has 2 N–H and O–H groups in total. The fourth-order valence-corrected chi connectivity index (χ4v) is 4.10. The highest BCUT2D eigenvalue weighted by molar-refractivity contribution is 5.80. The van der Waals surface area contributed by atoms with Crippen LogP contribution in [0, 0.1) is 0 Å². The predicted molar refractivity (Wildman–Crippen MR) is 119 cm³/mol. The zero-order chi connectivity index (χ0) is 20.1. The molecule has 0 bridgehead atoms. The smallest absolute Gasteiger partial charge is 0.191 e. The summed E-state index contributed by atoms with van der Waals surface area (Å²) in [5.41, 5.74) is 3.55. The van der Waals surface area contributed by atoms with Gasteiger partial charge in [0.25, 0.3) is 0 Å². The predicted octanol–water partition coefficient (Wildman–Crippen LogP) is 2.90. The molecule has 0 aliphatic carbocycles. The Bertz CT molecular complexity index is 962. The Hall–Kier alpha value is -2.86. The third-order valence-electron chi connectivity index (χ3n) is 5.75. The van der Waals surface area contributed by atoms with Crippen molar-refractivity contribution in [2.24, 2.45) is 12.0 Å². The normalized spacial score (nSPS) is 17.7. The van der Waals surface area contributed by atoms with E-state index in [9.17, 15) is 0 Å². The second kappa shape index (κ2) is 9.09. The molecular formula is C23H30N6. The quantitative estimate of drug-likeness (QED) is 0.502. The fourth-order valence-electron chi connectivity index (χ4n) is 4.10. The van der Waals surface area contributed by atoms with Gasteiger partial charge in [0.1, 0.15) is 5.82 Å². The third-order valence-corrected chi connectivity index (χ3v) is 5.75. The minimum atomic E-state index is 0.532. The van der Waals surface area contributed by atoms with E-state index in [4.69, 9.17) is 4.98 Å². The van der Waals surface area contributed by atoms with Gasteiger partial charge in [0.15, 0.2) is 5.96 Å². The average Bonchev–Trinajstić information content (AvgIpc) is 3.33. The van der Waals surface area contributed by atoms with Gasteiger partial charge in [-0.15, -0.1) is 0 Å². The maximum absolute atomic E-state index is 4.72. The summed E-state index contributed by atoms with van der Waals surface area (Å²) < 4.78 is 2.13. The second-order valence-electron chi connectivity index (χ2n) is 7.63. The van der Waals surface area contributed by atoms with Crippen LogP contribution in [0.1, 0.15) is 24.2 Å². The van der Waals surface area contributed by atoms with Gasteiger partial charge in [-0.25, -0.2) is 4.98 Å². The van der Waals surface area contributed by atoms with Gasteiger partial charge in [0.2, 0.25) is 0 Å². The summed E-state index contributed by atoms with van der Waals surface area (Å²) >= 11 is 0. The lowest BCUT2D eigenvalue weighted by Crippen LogP contribution is -2.44. The third kappa shape index (κ3) is 4.59. The van der Waals surface area contributed by atoms with Crippen molar-refractivity contribution in [2.45, 2.75) is 32.0 Å². The highest BCUT2D eigenvalue weighted by Gasteiger charge is 2.24. The zero-order valence-electron chi connectivity index (χ0n) is 17.3. The first-order valence-corrected chi connectivity index (χ1v) is 10.4. The van der Waals surface area contributed by atoms with Crippen molar-refractivity contribution in [2.75, 3.05) is 20.1 Å². The average molecular weight is 391 g/mol. The first kappa shape index (κ1) is 19.5. The van der Waals surface area contributed by atoms with E-state index in [1.54, 1.807) is 0 Å². The summed E-state index contributed by atoms with van der Waals surface area (Å²) in [5, 5.41) is 6.92. The number of imidazole rings is 1. The van der Waals surface area contributed by atoms with Crippen LogP contribution in [0.2, 0.25) is 0 Å². The number of nitrogens with zero attached hydrogens (tertiary/aromatic N) is 4. The highest BCUT2D eigenvalue weighted by atomic mass is 15.2. The first-order valence-electron chi connectivity index (χ1n) is 10.4. The summed E-state index contributed by atoms with van der Waals surface area (Å²) in [5.74, 6) is 1.82. The van der Waals surface area contributed by atoms with E-state index in [1.165, 1.54) is 18.4 Å². The number of guanidine groups is 1. The van der Waals surface area contributed by atoms with Crippen molar-refractivity contribution in [3.63, 3.8) is 0 Å². The summed E-state index contributed by atoms with van der Waals surface area (Å²) in [6.45, 7) is 3.71. The standard InChI is InChI=1S/C23H30N6/c1-24-23(26-16-22-27-20-12-6-7-13-21(20)28(22)2)25-15-19-11-8-14-29(19)17-18-9-4-3-5-10-18/h3-7,9-10,12-13,19H,8,11,14-17H2,1-2H3,(H2,24,25,26). The molecule has 152 valence electrons. The van der Waals surface area contributed by atoms with Gasteiger partial charge < -0.3 is 15.2 Å². The number of likely N-dealkylation sites (tertiary alicyclic amines) is 1. The molecule has 0 saturated carbocycles. The molecule has 0 radical (unpaired) electrons. The van der Waals surface area contributed by atoms with Crippen molar-refractivity contribution in [3.05, 3.63) is 66.0 Å². The summed E-state index contributed by atoms with van der Waals surface area (Å²) in [7, 11) is 3.88. The molecule has 29 heavy (non-hydrogen) atoms. The Morgan fingerprint density at radius 2 is 1.90 bits per heavy atom. The molecular weight excluding hydrogens is 360 g/mol. The Kier molecular flexibility index (Phi) is 6.10. The van der Waals surface area contributed by atoms with Crippen LogP contribution >= 0.6 is 0 Å². The SMILES string of the molecule is CN=C(NCc1nc2ccccc2n1C)NCC1CCCN1Cc1ccccc1. The number of rotatable bonds is 6. The Labute approximate surface area is 172 Å². The van der Waals surface area contributed by atoms with Gasteiger partial charge in [-0.3, -0.25) is 9.89 Å². The van der Waals surface area contributed by atoms with Crippen LogP contribution in [0.4, 0.5) is 0 Å². The van der Waals surface area contributed by atoms with Gasteiger partial charge >= 0.3 is 0 Å². The maximum Gasteiger partial charge on any atom is 0.191 e. The maximum atomic E-state index is 4.72. The second-order valence-corrected chi connectivity index (χ2v) is 7.63. The number of aliphatic imine (C=N–C) groups is 1. The van der Waals surface area contributed by atoms with E-state index >= 15 is 0 Å². The molecule has 1 unspecified atom stereocenters. The zero-order valence-corrected chi connectivity index (χ0v) is 17.3. The monoisotopic (exact) mass is 390 g/mol. The molecule has 1 aliphatic rings. The molecule has 2 heterocycles. The van der Waals surface area contributed by atoms with E-state index in [0.717, 1.165) is 42.5 Å². The summed E-state index contributed by atoms with van der Waals surface area (Å²) in [4.78, 5) is 11.7. The summed E-state index contributed by atoms with van der Waals surface area (Å²) in [6, 6.07) is 19.5. The van der Waals surface area contributed by atoms with Crippen molar-refractivity contribution in [3.8, 4) is 0 Å². The van der Waals surface area contributed by atoms with E-state index in [-0.39, 0.29) is 0 Å². The van der Waals surface area contributed by atoms with Crippen LogP contribution in [0.25, 0.3) is 11.0 Å². The van der Waals surface area contributed by atoms with Gasteiger partial charge in [0.05, 0.1) is 17.6 Å². The number of aromatic nitrogens is 2. The topological polar surface area (TPSA) is 57.5 Å². The summed E-state index contributed by atoms with van der Waals surface area (Å²) in [6.07, 6.45) is 2.48. The molecule has 0 amide bonds. The van der Waals surface area contributed by atoms with E-state index in [1.807, 2.05) is 25.2 Å². The number of hydrogen-bond acceptors (Lipinski definition) is 3. The van der Waals surface area contributed by atoms with Crippen molar-refractivity contribution in [1.29, 1.82) is 0 Å². The van der Waals surface area contributed by atoms with E-state index in [2.05, 4.69) is 68.5 Å². The van der Waals surface area contributed by atoms with E-state index in [0.29, 0.717) is 12.6 Å². The van der Waals surface area contributed by atoms with Crippen LogP contribution in [0.15, 0.2) is 59.6 Å². The number of para-hydroxylation sites is 2. The fraction of sp³-hybridized carbons (Fsp3) is 0.391. The minimum Gasteiger partial charge on any atom is -0.355 e. The Morgan fingerprint density at radius 1 is 1.10 bits per heavy atom. The molecule has 6 heteroatoms. The number of fused-ring (bicyclic) bond motifs is 1. The molecule has 4 rings (SSSR count). The van der Waals surface area contributed by atoms with Gasteiger partial charge in [-0.05, 0) is 37.1 Å². The lowest BCUT2D eigenvalue weighted by atomic mass is 10.2. The molecule has 6 nitrogen and oxygen atoms in total. The van der Waals surface area contributed by atoms with Crippen molar-refractivity contribution < 1.29 is 0 Å². The van der Waals surface area contributed by atoms with Crippen LogP contribution < -0.4 is 10.6 Å². The lowest BCUT2D eigenvalue weighted by molar-refractivity contribution is 0.245. The lowest BCUT2D eigenvalue weighted by Gasteiger charge is -2.25. The molecule has 0 spiro atoms. The van der Waals surface area contributed by atoms with Gasteiger partial charge in [0, 0.05) is 33.2 Å². The molecule has 3 aromatic rings. The molecule has 1 aliphatic heterocycles. The number of nitrogens with one attached hydrogen (secondary N) is 2. The molecule has 1 fully saturated rings. The highest BCUT2D eigenvalue weighted by Crippen LogP contribution is 2.19. The molecule has 1 atom stereocenters. The van der Waals surface area contributed by atoms with Gasteiger partial charge in [-0.2, -0.15) is 0 Å². The number of aryl methyl sites for hydroxylation is 1.